The minimum Gasteiger partial charge on any atom is -0.0843 e. The minimum atomic E-state index is -2.25. The third-order valence-electron chi connectivity index (χ3n) is 2.32. The van der Waals surface area contributed by atoms with Crippen LogP contribution in [0.15, 0.2) is 48.5 Å². The largest absolute Gasteiger partial charge is 0.0930 e. The molecule has 0 saturated carbocycles. The molecule has 88 valence electrons. The van der Waals surface area contributed by atoms with Gasteiger partial charge < -0.3 is 0 Å². The summed E-state index contributed by atoms with van der Waals surface area (Å²) in [7, 11) is 0. The van der Waals surface area contributed by atoms with Gasteiger partial charge in [-0.05, 0) is 24.3 Å². The van der Waals surface area contributed by atoms with E-state index in [0.717, 1.165) is 10.6 Å². The highest BCUT2D eigenvalue weighted by molar-refractivity contribution is 8.34. The number of halogens is 3. The fourth-order valence-electron chi connectivity index (χ4n) is 1.41. The normalized spacial score (nSPS) is 11.5. The smallest absolute Gasteiger partial charge is 0.0843 e. The summed E-state index contributed by atoms with van der Waals surface area (Å²) < 4.78 is 0. The first kappa shape index (κ1) is 13.4. The van der Waals surface area contributed by atoms with Crippen molar-refractivity contribution in [3.05, 3.63) is 58.6 Å². The molecule has 0 aliphatic rings. The van der Waals surface area contributed by atoms with Gasteiger partial charge in [-0.2, -0.15) is 0 Å². The molecule has 0 atom stereocenters. The van der Waals surface area contributed by atoms with Crippen molar-refractivity contribution < 1.29 is 0 Å². The molecule has 0 aliphatic carbocycles. The summed E-state index contributed by atoms with van der Waals surface area (Å²) in [5.41, 5.74) is 0. The second-order valence-electron chi connectivity index (χ2n) is 3.49. The van der Waals surface area contributed by atoms with Gasteiger partial charge in [-0.15, -0.1) is 0 Å². The lowest BCUT2D eigenvalue weighted by Crippen LogP contribution is -2.11. The van der Waals surface area contributed by atoms with Crippen molar-refractivity contribution in [2.75, 3.05) is 0 Å². The highest BCUT2D eigenvalue weighted by atomic mass is 35.7. The number of benzene rings is 2. The Balaban J connectivity index is 2.45. The van der Waals surface area contributed by atoms with Gasteiger partial charge >= 0.3 is 0 Å². The molecule has 0 aromatic heterocycles. The Morgan fingerprint density at radius 2 is 1.00 bits per heavy atom. The zero-order valence-electron chi connectivity index (χ0n) is 8.61. The van der Waals surface area contributed by atoms with Gasteiger partial charge in [-0.1, -0.05) is 70.5 Å². The van der Waals surface area contributed by atoms with Crippen LogP contribution in [0.5, 0.6) is 0 Å². The Labute approximate surface area is 120 Å². The average molecular weight is 322 g/mol. The van der Waals surface area contributed by atoms with E-state index in [0.29, 0.717) is 10.0 Å². The Morgan fingerprint density at radius 3 is 1.29 bits per heavy atom. The van der Waals surface area contributed by atoms with E-state index >= 15 is 0 Å². The van der Waals surface area contributed by atoms with Crippen LogP contribution in [-0.2, 0) is 11.8 Å². The van der Waals surface area contributed by atoms with Crippen LogP contribution in [0.3, 0.4) is 0 Å². The van der Waals surface area contributed by atoms with E-state index < -0.39 is 5.39 Å². The van der Waals surface area contributed by atoms with Crippen LogP contribution >= 0.6 is 39.8 Å². The third-order valence-corrected chi connectivity index (χ3v) is 7.18. The van der Waals surface area contributed by atoms with E-state index in [1.54, 1.807) is 24.3 Å². The summed E-state index contributed by atoms with van der Waals surface area (Å²) in [6.07, 6.45) is 0. The summed E-state index contributed by atoms with van der Waals surface area (Å²) in [6.45, 7) is 0. The van der Waals surface area contributed by atoms with E-state index in [1.165, 1.54) is 0 Å². The number of hydrogen-bond donors (Lipinski definition) is 0. The Bertz CT molecular complexity index is 514. The predicted molar refractivity (Wildman–Crippen MR) is 82.3 cm³/mol. The van der Waals surface area contributed by atoms with Crippen LogP contribution in [0, 0.1) is 0 Å². The van der Waals surface area contributed by atoms with Gasteiger partial charge in [0.2, 0.25) is 0 Å². The SMILES string of the molecule is S=P(Cl)(c1ccc(Cl)cc1)c1ccc(Cl)cc1. The highest BCUT2D eigenvalue weighted by Gasteiger charge is 2.18. The molecule has 2 rings (SSSR count). The summed E-state index contributed by atoms with van der Waals surface area (Å²) in [4.78, 5) is 0. The van der Waals surface area contributed by atoms with E-state index in [4.69, 9.17) is 46.2 Å². The molecule has 0 bridgehead atoms. The molecule has 2 aromatic rings. The average Bonchev–Trinajstić information content (AvgIpc) is 2.30. The lowest BCUT2D eigenvalue weighted by atomic mass is 10.4. The molecule has 0 radical (unpaired) electrons. The maximum absolute atomic E-state index is 6.53. The maximum Gasteiger partial charge on any atom is 0.0930 e. The van der Waals surface area contributed by atoms with Gasteiger partial charge in [0.15, 0.2) is 0 Å². The van der Waals surface area contributed by atoms with Crippen molar-refractivity contribution in [3.8, 4) is 0 Å². The first-order chi connectivity index (χ1) is 8.00. The molecule has 0 saturated heterocycles. The number of rotatable bonds is 2. The van der Waals surface area contributed by atoms with E-state index in [-0.39, 0.29) is 0 Å². The summed E-state index contributed by atoms with van der Waals surface area (Å²) in [6, 6.07) is 14.7. The first-order valence-electron chi connectivity index (χ1n) is 4.82. The van der Waals surface area contributed by atoms with Gasteiger partial charge in [0.25, 0.3) is 0 Å². The van der Waals surface area contributed by atoms with Crippen molar-refractivity contribution in [2.45, 2.75) is 0 Å². The second-order valence-corrected chi connectivity index (χ2v) is 10.2. The van der Waals surface area contributed by atoms with Crippen LogP contribution < -0.4 is 10.6 Å². The highest BCUT2D eigenvalue weighted by Crippen LogP contribution is 2.49. The molecular formula is C12H8Cl3PS. The fourth-order valence-corrected chi connectivity index (χ4v) is 4.44. The van der Waals surface area contributed by atoms with Gasteiger partial charge in [-0.3, -0.25) is 0 Å². The zero-order chi connectivity index (χ0) is 12.5. The predicted octanol–water partition coefficient (Wildman–Crippen LogP) is 4.58. The second kappa shape index (κ2) is 5.30. The van der Waals surface area contributed by atoms with Gasteiger partial charge in [0.1, 0.15) is 0 Å². The summed E-state index contributed by atoms with van der Waals surface area (Å²) in [5.74, 6) is 0. The lowest BCUT2D eigenvalue weighted by Gasteiger charge is -2.15. The van der Waals surface area contributed by atoms with Crippen LogP contribution in [0.1, 0.15) is 0 Å². The molecule has 5 heteroatoms. The monoisotopic (exact) mass is 320 g/mol. The van der Waals surface area contributed by atoms with E-state index in [9.17, 15) is 0 Å². The zero-order valence-corrected chi connectivity index (χ0v) is 12.6. The lowest BCUT2D eigenvalue weighted by molar-refractivity contribution is 1.75. The van der Waals surface area contributed by atoms with Crippen molar-refractivity contribution in [1.82, 2.24) is 0 Å². The quantitative estimate of drug-likeness (QED) is 0.730. The Hall–Kier alpha value is -0.0400. The van der Waals surface area contributed by atoms with Crippen molar-refractivity contribution in [2.24, 2.45) is 0 Å². The van der Waals surface area contributed by atoms with Crippen LogP contribution in [0.25, 0.3) is 0 Å². The van der Waals surface area contributed by atoms with E-state index in [2.05, 4.69) is 0 Å². The third kappa shape index (κ3) is 3.05. The molecule has 2 aromatic carbocycles. The topological polar surface area (TPSA) is 0 Å². The first-order valence-corrected chi connectivity index (χ1v) is 9.28. The molecule has 0 aliphatic heterocycles. The van der Waals surface area contributed by atoms with Gasteiger partial charge in [-0.25, -0.2) is 0 Å². The van der Waals surface area contributed by atoms with Crippen molar-refractivity contribution in [3.63, 3.8) is 0 Å². The Kier molecular flexibility index (Phi) is 4.18. The summed E-state index contributed by atoms with van der Waals surface area (Å²) in [5, 5.41) is 0.969. The molecule has 17 heavy (non-hydrogen) atoms. The molecule has 0 amide bonds. The molecule has 0 spiro atoms. The van der Waals surface area contributed by atoms with E-state index in [1.807, 2.05) is 24.3 Å². The summed E-state index contributed by atoms with van der Waals surface area (Å²) >= 11 is 23.8. The molecule has 0 nitrogen and oxygen atoms in total. The standard InChI is InChI=1S/C12H8Cl3PS/c13-9-1-5-11(6-2-9)16(15,17)12-7-3-10(14)4-8-12/h1-8H. The number of hydrogen-bond acceptors (Lipinski definition) is 1. The molecular weight excluding hydrogens is 314 g/mol. The molecule has 0 unspecified atom stereocenters. The minimum absolute atomic E-state index is 0.677. The molecule has 0 heterocycles. The fraction of sp³-hybridized carbons (Fsp3) is 0. The maximum atomic E-state index is 6.53. The van der Waals surface area contributed by atoms with Crippen LogP contribution in [0.2, 0.25) is 10.0 Å². The molecule has 0 fully saturated rings. The van der Waals surface area contributed by atoms with Crippen LogP contribution in [0.4, 0.5) is 0 Å². The van der Waals surface area contributed by atoms with Crippen molar-refractivity contribution in [1.29, 1.82) is 0 Å². The Morgan fingerprint density at radius 1 is 0.706 bits per heavy atom. The van der Waals surface area contributed by atoms with Crippen LogP contribution in [-0.4, -0.2) is 0 Å². The van der Waals surface area contributed by atoms with Crippen molar-refractivity contribution >= 4 is 62.2 Å². The van der Waals surface area contributed by atoms with Gasteiger partial charge in [0.05, 0.1) is 5.39 Å². The molecule has 0 N–H and O–H groups in total. The van der Waals surface area contributed by atoms with Gasteiger partial charge in [0, 0.05) is 20.7 Å².